The fourth-order valence-corrected chi connectivity index (χ4v) is 3.16. The van der Waals surface area contributed by atoms with Crippen molar-refractivity contribution >= 4 is 27.0 Å². The van der Waals surface area contributed by atoms with Gasteiger partial charge in [0.25, 0.3) is 5.56 Å². The van der Waals surface area contributed by atoms with Gasteiger partial charge in [0.15, 0.2) is 0 Å². The maximum Gasteiger partial charge on any atom is 0.269 e. The van der Waals surface area contributed by atoms with E-state index >= 15 is 0 Å². The number of H-pyrrole nitrogens is 1. The number of aromatic amines is 1. The number of halogens is 1. The molecule has 0 spiro atoms. The van der Waals surface area contributed by atoms with E-state index in [-0.39, 0.29) is 11.7 Å². The normalized spacial score (nSPS) is 16.3. The molecular formula is C16H19BrN2O2. The molecule has 0 unspecified atom stereocenters. The van der Waals surface area contributed by atoms with E-state index in [0.29, 0.717) is 5.69 Å². The molecule has 1 aromatic heterocycles. The lowest BCUT2D eigenvalue weighted by Crippen LogP contribution is -2.20. The molecule has 0 amide bonds. The van der Waals surface area contributed by atoms with E-state index in [9.17, 15) is 4.79 Å². The zero-order chi connectivity index (χ0) is 14.8. The van der Waals surface area contributed by atoms with Crippen molar-refractivity contribution in [2.45, 2.75) is 50.5 Å². The summed E-state index contributed by atoms with van der Waals surface area (Å²) in [5.41, 5.74) is 2.91. The number of fused-ring (bicyclic) bond motifs is 1. The van der Waals surface area contributed by atoms with E-state index in [4.69, 9.17) is 4.74 Å². The third-order valence-corrected chi connectivity index (χ3v) is 4.64. The SMILES string of the molecule is Cc1nc2c(OC3CCCCC3)cc(CBr)cc2[nH]c1=O. The number of hydrogen-bond acceptors (Lipinski definition) is 3. The monoisotopic (exact) mass is 350 g/mol. The molecule has 0 aliphatic heterocycles. The van der Waals surface area contributed by atoms with Gasteiger partial charge in [0.2, 0.25) is 0 Å². The van der Waals surface area contributed by atoms with Crippen molar-refractivity contribution in [2.24, 2.45) is 0 Å². The molecule has 4 nitrogen and oxygen atoms in total. The zero-order valence-electron chi connectivity index (χ0n) is 12.1. The maximum absolute atomic E-state index is 11.8. The van der Waals surface area contributed by atoms with Gasteiger partial charge in [0.1, 0.15) is 17.0 Å². The lowest BCUT2D eigenvalue weighted by atomic mass is 9.98. The minimum atomic E-state index is -0.141. The Morgan fingerprint density at radius 3 is 2.81 bits per heavy atom. The minimum Gasteiger partial charge on any atom is -0.488 e. The molecule has 5 heteroatoms. The molecule has 1 N–H and O–H groups in total. The highest BCUT2D eigenvalue weighted by Gasteiger charge is 2.17. The number of hydrogen-bond donors (Lipinski definition) is 1. The molecule has 2 aromatic rings. The van der Waals surface area contributed by atoms with Gasteiger partial charge in [-0.15, -0.1) is 0 Å². The summed E-state index contributed by atoms with van der Waals surface area (Å²) in [5.74, 6) is 0.785. The van der Waals surface area contributed by atoms with Gasteiger partial charge in [0, 0.05) is 5.33 Å². The van der Waals surface area contributed by atoms with E-state index in [2.05, 4.69) is 25.9 Å². The number of nitrogens with zero attached hydrogens (tertiary/aromatic N) is 1. The van der Waals surface area contributed by atoms with Crippen LogP contribution < -0.4 is 10.3 Å². The van der Waals surface area contributed by atoms with Crippen LogP contribution in [0, 0.1) is 6.92 Å². The Morgan fingerprint density at radius 1 is 1.33 bits per heavy atom. The number of benzene rings is 1. The number of ether oxygens (including phenoxy) is 1. The molecule has 21 heavy (non-hydrogen) atoms. The van der Waals surface area contributed by atoms with E-state index in [0.717, 1.165) is 40.5 Å². The summed E-state index contributed by atoms with van der Waals surface area (Å²) in [4.78, 5) is 19.1. The van der Waals surface area contributed by atoms with Gasteiger partial charge in [-0.05, 0) is 50.3 Å². The van der Waals surface area contributed by atoms with Crippen LogP contribution >= 0.6 is 15.9 Å². The average molecular weight is 351 g/mol. The molecule has 1 aliphatic carbocycles. The molecule has 1 aliphatic rings. The number of alkyl halides is 1. The van der Waals surface area contributed by atoms with Gasteiger partial charge < -0.3 is 9.72 Å². The molecule has 112 valence electrons. The fraction of sp³-hybridized carbons (Fsp3) is 0.500. The molecule has 0 bridgehead atoms. The molecule has 1 fully saturated rings. The van der Waals surface area contributed by atoms with Crippen LogP contribution in [-0.4, -0.2) is 16.1 Å². The molecule has 0 saturated heterocycles. The Hall–Kier alpha value is -1.36. The van der Waals surface area contributed by atoms with Crippen LogP contribution in [0.1, 0.15) is 43.4 Å². The smallest absolute Gasteiger partial charge is 0.269 e. The van der Waals surface area contributed by atoms with Crippen LogP contribution in [0.4, 0.5) is 0 Å². The number of aryl methyl sites for hydroxylation is 1. The van der Waals surface area contributed by atoms with Crippen molar-refractivity contribution in [3.05, 3.63) is 33.7 Å². The molecule has 1 aromatic carbocycles. The van der Waals surface area contributed by atoms with Gasteiger partial charge in [-0.1, -0.05) is 22.4 Å². The Morgan fingerprint density at radius 2 is 2.10 bits per heavy atom. The second-order valence-corrected chi connectivity index (χ2v) is 6.21. The van der Waals surface area contributed by atoms with Crippen LogP contribution in [0.25, 0.3) is 11.0 Å². The molecule has 0 atom stereocenters. The lowest BCUT2D eigenvalue weighted by Gasteiger charge is -2.23. The molecule has 1 saturated carbocycles. The first-order valence-corrected chi connectivity index (χ1v) is 8.55. The van der Waals surface area contributed by atoms with Crippen molar-refractivity contribution in [3.63, 3.8) is 0 Å². The van der Waals surface area contributed by atoms with Gasteiger partial charge in [-0.3, -0.25) is 4.79 Å². The third kappa shape index (κ3) is 3.12. The van der Waals surface area contributed by atoms with Crippen LogP contribution in [0.2, 0.25) is 0 Å². The van der Waals surface area contributed by atoms with E-state index in [1.807, 2.05) is 12.1 Å². The highest BCUT2D eigenvalue weighted by molar-refractivity contribution is 9.08. The molecule has 3 rings (SSSR count). The summed E-state index contributed by atoms with van der Waals surface area (Å²) in [5, 5.41) is 0.722. The van der Waals surface area contributed by atoms with Gasteiger partial charge in [0.05, 0.1) is 11.6 Å². The fourth-order valence-electron chi connectivity index (χ4n) is 2.84. The third-order valence-electron chi connectivity index (χ3n) is 3.99. The second-order valence-electron chi connectivity index (χ2n) is 5.65. The van der Waals surface area contributed by atoms with E-state index in [1.54, 1.807) is 6.92 Å². The van der Waals surface area contributed by atoms with Crippen LogP contribution in [-0.2, 0) is 5.33 Å². The Balaban J connectivity index is 2.05. The summed E-state index contributed by atoms with van der Waals surface area (Å²) in [6.07, 6.45) is 6.22. The number of nitrogens with one attached hydrogen (secondary N) is 1. The topological polar surface area (TPSA) is 55.0 Å². The average Bonchev–Trinajstić information content (AvgIpc) is 2.50. The quantitative estimate of drug-likeness (QED) is 0.855. The highest BCUT2D eigenvalue weighted by Crippen LogP contribution is 2.29. The summed E-state index contributed by atoms with van der Waals surface area (Å²) in [7, 11) is 0. The Bertz CT molecular complexity index is 705. The standard InChI is InChI=1S/C16H19BrN2O2/c1-10-16(20)19-13-7-11(9-17)8-14(15(13)18-10)21-12-5-3-2-4-6-12/h7-8,12H,2-6,9H2,1H3,(H,19,20). The van der Waals surface area contributed by atoms with Crippen LogP contribution in [0.3, 0.4) is 0 Å². The largest absolute Gasteiger partial charge is 0.488 e. The first kappa shape index (κ1) is 14.6. The van der Waals surface area contributed by atoms with Crippen molar-refractivity contribution in [1.29, 1.82) is 0 Å². The maximum atomic E-state index is 11.8. The lowest BCUT2D eigenvalue weighted by molar-refractivity contribution is 0.156. The van der Waals surface area contributed by atoms with Gasteiger partial charge in [-0.2, -0.15) is 0 Å². The Labute approximate surface area is 132 Å². The predicted octanol–water partition coefficient (Wildman–Crippen LogP) is 3.84. The predicted molar refractivity (Wildman–Crippen MR) is 87.2 cm³/mol. The second kappa shape index (κ2) is 6.18. The molecule has 1 heterocycles. The van der Waals surface area contributed by atoms with Crippen molar-refractivity contribution in [1.82, 2.24) is 9.97 Å². The minimum absolute atomic E-state index is 0.141. The van der Waals surface area contributed by atoms with E-state index < -0.39 is 0 Å². The van der Waals surface area contributed by atoms with Crippen molar-refractivity contribution in [2.75, 3.05) is 0 Å². The zero-order valence-corrected chi connectivity index (χ0v) is 13.7. The van der Waals surface area contributed by atoms with Gasteiger partial charge >= 0.3 is 0 Å². The van der Waals surface area contributed by atoms with Crippen LogP contribution in [0.5, 0.6) is 5.75 Å². The Kier molecular flexibility index (Phi) is 4.29. The summed E-state index contributed by atoms with van der Waals surface area (Å²) < 4.78 is 6.20. The van der Waals surface area contributed by atoms with Crippen LogP contribution in [0.15, 0.2) is 16.9 Å². The van der Waals surface area contributed by atoms with Crippen molar-refractivity contribution < 1.29 is 4.74 Å². The number of rotatable bonds is 3. The molecular weight excluding hydrogens is 332 g/mol. The highest BCUT2D eigenvalue weighted by atomic mass is 79.9. The van der Waals surface area contributed by atoms with E-state index in [1.165, 1.54) is 19.3 Å². The first-order chi connectivity index (χ1) is 10.2. The first-order valence-electron chi connectivity index (χ1n) is 7.43. The summed E-state index contributed by atoms with van der Waals surface area (Å²) in [6, 6.07) is 3.97. The number of aromatic nitrogens is 2. The van der Waals surface area contributed by atoms with Crippen molar-refractivity contribution in [3.8, 4) is 5.75 Å². The summed E-state index contributed by atoms with van der Waals surface area (Å²) >= 11 is 3.47. The molecule has 0 radical (unpaired) electrons. The van der Waals surface area contributed by atoms with Gasteiger partial charge in [-0.25, -0.2) is 4.98 Å². The summed E-state index contributed by atoms with van der Waals surface area (Å²) in [6.45, 7) is 1.72.